The van der Waals surface area contributed by atoms with Gasteiger partial charge in [0.25, 0.3) is 0 Å². The Morgan fingerprint density at radius 1 is 1.08 bits per heavy atom. The van der Waals surface area contributed by atoms with Crippen LogP contribution in [0.3, 0.4) is 0 Å². The maximum atomic E-state index is 14.9. The lowest BCUT2D eigenvalue weighted by Crippen LogP contribution is -2.56. The molecular weight excluding hydrogens is 622 g/mol. The van der Waals surface area contributed by atoms with Gasteiger partial charge in [0.15, 0.2) is 6.10 Å². The molecule has 1 unspecified atom stereocenters. The molecule has 48 heavy (non-hydrogen) atoms. The number of alkyl halides is 2. The number of anilines is 1. The first-order valence-electron chi connectivity index (χ1n) is 16.0. The number of carbonyl (C=O) groups is 1. The Morgan fingerprint density at radius 2 is 1.88 bits per heavy atom. The number of halogens is 2. The number of carbonyl (C=O) groups excluding carboxylic acids is 1. The average Bonchev–Trinajstić information content (AvgIpc) is 3.53. The highest BCUT2D eigenvalue weighted by molar-refractivity contribution is 5.93. The third-order valence-corrected chi connectivity index (χ3v) is 9.65. The van der Waals surface area contributed by atoms with E-state index >= 15 is 0 Å². The summed E-state index contributed by atoms with van der Waals surface area (Å²) < 4.78 is 46.7. The van der Waals surface area contributed by atoms with E-state index in [2.05, 4.69) is 50.1 Å². The summed E-state index contributed by atoms with van der Waals surface area (Å²) in [6.45, 7) is 3.77. The van der Waals surface area contributed by atoms with Crippen LogP contribution >= 0.6 is 0 Å². The molecule has 250 valence electrons. The van der Waals surface area contributed by atoms with E-state index in [-0.39, 0.29) is 24.3 Å². The number of rotatable bonds is 8. The molecule has 0 bridgehead atoms. The third-order valence-electron chi connectivity index (χ3n) is 9.65. The summed E-state index contributed by atoms with van der Waals surface area (Å²) in [4.78, 5) is 26.6. The van der Waals surface area contributed by atoms with E-state index in [1.54, 1.807) is 19.2 Å². The zero-order valence-corrected chi connectivity index (χ0v) is 26.6. The van der Waals surface area contributed by atoms with Gasteiger partial charge in [0.05, 0.1) is 55.5 Å². The predicted octanol–water partition coefficient (Wildman–Crippen LogP) is 3.25. The number of fused-ring (bicyclic) bond motifs is 1. The number of aromatic nitrogens is 2. The highest BCUT2D eigenvalue weighted by atomic mass is 19.3. The first-order valence-corrected chi connectivity index (χ1v) is 16.0. The Hall–Kier alpha value is -4.64. The minimum absolute atomic E-state index is 0.0174. The number of ether oxygens (including phenoxy) is 3. The number of nitrogens with zero attached hydrogens (tertiary/aromatic N) is 6. The second-order valence-electron chi connectivity index (χ2n) is 12.5. The molecule has 4 aliphatic rings. The van der Waals surface area contributed by atoms with Crippen LogP contribution in [-0.2, 0) is 16.0 Å². The minimum Gasteiger partial charge on any atom is -0.495 e. The summed E-state index contributed by atoms with van der Waals surface area (Å²) in [5.74, 6) is -3.28. The van der Waals surface area contributed by atoms with Crippen LogP contribution in [0.2, 0.25) is 0 Å². The van der Waals surface area contributed by atoms with Crippen LogP contribution in [0, 0.1) is 11.3 Å². The summed E-state index contributed by atoms with van der Waals surface area (Å²) in [7, 11) is 1.69. The number of hydrogen-bond acceptors (Lipinski definition) is 10. The van der Waals surface area contributed by atoms with Crippen molar-refractivity contribution in [2.24, 2.45) is 0 Å². The van der Waals surface area contributed by atoms with E-state index in [1.807, 2.05) is 0 Å². The Bertz CT molecular complexity index is 1780. The van der Waals surface area contributed by atoms with Gasteiger partial charge in [-0.1, -0.05) is 6.07 Å². The van der Waals surface area contributed by atoms with Crippen molar-refractivity contribution in [3.8, 4) is 28.8 Å². The molecule has 3 fully saturated rings. The average molecular weight is 659 g/mol. The van der Waals surface area contributed by atoms with Crippen molar-refractivity contribution in [1.82, 2.24) is 19.8 Å². The Kier molecular flexibility index (Phi) is 8.72. The van der Waals surface area contributed by atoms with Crippen molar-refractivity contribution >= 4 is 23.2 Å². The SMILES string of the molecule is COc1cc(C2=Cc3c(ncnc3-c3ccc(OC4CCN(C(=O)CO)CC4(F)F)c(C#N)c3)C2)ccc1N1CCN(C2COC2)CC1. The molecule has 1 aliphatic carbocycles. The minimum atomic E-state index is -3.36. The molecule has 11 nitrogen and oxygen atoms in total. The van der Waals surface area contributed by atoms with Crippen molar-refractivity contribution in [2.75, 3.05) is 71.1 Å². The number of piperidine rings is 1. The molecule has 0 saturated carbocycles. The zero-order chi connectivity index (χ0) is 33.4. The van der Waals surface area contributed by atoms with Gasteiger partial charge in [-0.2, -0.15) is 5.26 Å². The van der Waals surface area contributed by atoms with E-state index in [4.69, 9.17) is 19.3 Å². The Balaban J connectivity index is 1.09. The topological polar surface area (TPSA) is 124 Å². The lowest BCUT2D eigenvalue weighted by molar-refractivity contribution is -0.161. The molecule has 0 spiro atoms. The first kappa shape index (κ1) is 31.9. The van der Waals surface area contributed by atoms with Gasteiger partial charge in [0.1, 0.15) is 30.5 Å². The summed E-state index contributed by atoms with van der Waals surface area (Å²) >= 11 is 0. The molecule has 3 aromatic rings. The van der Waals surface area contributed by atoms with Gasteiger partial charge in [0.2, 0.25) is 5.91 Å². The number of nitriles is 1. The standard InChI is InChI=1S/C35H36F2N6O5/c1-46-31-15-22(2-4-29(31)42-10-8-41(9-11-42)26-18-47-19-26)24-13-27-28(14-24)39-21-40-34(27)23-3-5-30(25(12-23)16-38)48-32-6-7-43(33(45)17-44)20-35(32,36)37/h2-5,12-13,15,21,26,32,44H,6-11,14,17-20H2,1H3. The predicted molar refractivity (Wildman–Crippen MR) is 173 cm³/mol. The summed E-state index contributed by atoms with van der Waals surface area (Å²) in [5.41, 5.74) is 6.15. The molecule has 7 rings (SSSR count). The van der Waals surface area contributed by atoms with E-state index in [1.165, 1.54) is 12.4 Å². The largest absolute Gasteiger partial charge is 0.495 e. The van der Waals surface area contributed by atoms with Gasteiger partial charge in [-0.25, -0.2) is 18.7 Å². The summed E-state index contributed by atoms with van der Waals surface area (Å²) in [6, 6.07) is 13.7. The fourth-order valence-electron chi connectivity index (χ4n) is 6.84. The number of amides is 1. The smallest absolute Gasteiger partial charge is 0.301 e. The van der Waals surface area contributed by atoms with Gasteiger partial charge in [-0.3, -0.25) is 9.69 Å². The van der Waals surface area contributed by atoms with Crippen molar-refractivity contribution < 1.29 is 32.9 Å². The van der Waals surface area contributed by atoms with Crippen molar-refractivity contribution in [2.45, 2.75) is 30.9 Å². The first-order chi connectivity index (χ1) is 23.3. The number of methoxy groups -OCH3 is 1. The van der Waals surface area contributed by atoms with Gasteiger partial charge in [-0.15, -0.1) is 0 Å². The molecule has 2 aromatic carbocycles. The van der Waals surface area contributed by atoms with E-state index < -0.39 is 31.1 Å². The lowest BCUT2D eigenvalue weighted by Gasteiger charge is -2.43. The molecule has 4 heterocycles. The van der Waals surface area contributed by atoms with Crippen molar-refractivity contribution in [1.29, 1.82) is 5.26 Å². The van der Waals surface area contributed by atoms with E-state index in [0.717, 1.165) is 78.1 Å². The number of likely N-dealkylation sites (tertiary alicyclic amines) is 1. The molecule has 1 amide bonds. The van der Waals surface area contributed by atoms with Crippen LogP contribution in [0.15, 0.2) is 42.7 Å². The monoisotopic (exact) mass is 658 g/mol. The van der Waals surface area contributed by atoms with Gasteiger partial charge in [0, 0.05) is 56.7 Å². The summed E-state index contributed by atoms with van der Waals surface area (Å²) in [6.07, 6.45) is 2.47. The van der Waals surface area contributed by atoms with E-state index in [0.29, 0.717) is 23.7 Å². The Morgan fingerprint density at radius 3 is 2.56 bits per heavy atom. The third kappa shape index (κ3) is 6.07. The van der Waals surface area contributed by atoms with E-state index in [9.17, 15) is 18.8 Å². The fourth-order valence-corrected chi connectivity index (χ4v) is 6.84. The summed E-state index contributed by atoms with van der Waals surface area (Å²) in [5, 5.41) is 19.0. The number of piperazine rings is 1. The second-order valence-corrected chi connectivity index (χ2v) is 12.5. The van der Waals surface area contributed by atoms with Crippen LogP contribution in [0.4, 0.5) is 14.5 Å². The molecule has 1 aromatic heterocycles. The number of allylic oxidation sites excluding steroid dienone is 1. The fraction of sp³-hybridized carbons (Fsp3) is 0.429. The normalized spacial score (nSPS) is 20.8. The highest BCUT2D eigenvalue weighted by Crippen LogP contribution is 2.40. The number of aliphatic hydroxyl groups excluding tert-OH is 1. The number of aliphatic hydroxyl groups is 1. The van der Waals surface area contributed by atoms with Crippen LogP contribution in [0.25, 0.3) is 22.9 Å². The molecular formula is C35H36F2N6O5. The van der Waals surface area contributed by atoms with Crippen LogP contribution in [-0.4, -0.2) is 115 Å². The van der Waals surface area contributed by atoms with Crippen molar-refractivity contribution in [3.05, 3.63) is 65.1 Å². The van der Waals surface area contributed by atoms with Gasteiger partial charge >= 0.3 is 5.92 Å². The quantitative estimate of drug-likeness (QED) is 0.386. The maximum absolute atomic E-state index is 14.9. The Labute approximate surface area is 277 Å². The maximum Gasteiger partial charge on any atom is 0.301 e. The highest BCUT2D eigenvalue weighted by Gasteiger charge is 2.47. The zero-order valence-electron chi connectivity index (χ0n) is 26.6. The number of benzene rings is 2. The van der Waals surface area contributed by atoms with Gasteiger partial charge in [-0.05, 0) is 47.5 Å². The van der Waals surface area contributed by atoms with Crippen LogP contribution < -0.4 is 14.4 Å². The van der Waals surface area contributed by atoms with Gasteiger partial charge < -0.3 is 29.1 Å². The van der Waals surface area contributed by atoms with Crippen molar-refractivity contribution in [3.63, 3.8) is 0 Å². The lowest BCUT2D eigenvalue weighted by atomic mass is 10.0. The molecule has 0 radical (unpaired) electrons. The van der Waals surface area contributed by atoms with Crippen LogP contribution in [0.5, 0.6) is 11.5 Å². The molecule has 1 N–H and O–H groups in total. The second kappa shape index (κ2) is 13.1. The molecule has 13 heteroatoms. The molecule has 3 saturated heterocycles. The molecule has 3 aliphatic heterocycles. The molecule has 1 atom stereocenters. The van der Waals surface area contributed by atoms with Crippen LogP contribution in [0.1, 0.15) is 28.8 Å². The number of hydrogen-bond donors (Lipinski definition) is 1.